The number of hydrogen-bond acceptors (Lipinski definition) is 2. The Morgan fingerprint density at radius 1 is 1.29 bits per heavy atom. The summed E-state index contributed by atoms with van der Waals surface area (Å²) >= 11 is 9.46. The van der Waals surface area contributed by atoms with Crippen molar-refractivity contribution < 1.29 is 9.59 Å². The quantitative estimate of drug-likeness (QED) is 0.781. The zero-order chi connectivity index (χ0) is 17.7. The zero-order valence-electron chi connectivity index (χ0n) is 14.1. The standard InChI is InChI=1S/C18H24BrClN2O2/c1-3-12(4-2)18(24)22-9-7-14(8-10-22)21-17(23)15-11-13(19)5-6-16(15)20/h5-6,11-12,14H,3-4,7-10H2,1-2H3,(H,21,23). The Labute approximate surface area is 157 Å². The van der Waals surface area contributed by atoms with Crippen LogP contribution in [0.25, 0.3) is 0 Å². The summed E-state index contributed by atoms with van der Waals surface area (Å²) in [6.45, 7) is 5.51. The van der Waals surface area contributed by atoms with Crippen LogP contribution in [-0.2, 0) is 4.79 Å². The molecule has 0 aliphatic carbocycles. The lowest BCUT2D eigenvalue weighted by Gasteiger charge is -2.34. The first-order valence-corrected chi connectivity index (χ1v) is 9.68. The minimum atomic E-state index is -0.161. The van der Waals surface area contributed by atoms with Gasteiger partial charge in [0.2, 0.25) is 5.91 Å². The molecule has 132 valence electrons. The molecular weight excluding hydrogens is 392 g/mol. The number of carbonyl (C=O) groups excluding carboxylic acids is 2. The molecule has 24 heavy (non-hydrogen) atoms. The van der Waals surface area contributed by atoms with Crippen molar-refractivity contribution in [3.05, 3.63) is 33.3 Å². The second-order valence-corrected chi connectivity index (χ2v) is 7.53. The van der Waals surface area contributed by atoms with E-state index in [0.29, 0.717) is 23.7 Å². The molecule has 1 N–H and O–H groups in total. The van der Waals surface area contributed by atoms with Crippen LogP contribution in [0.3, 0.4) is 0 Å². The van der Waals surface area contributed by atoms with E-state index in [2.05, 4.69) is 35.1 Å². The van der Waals surface area contributed by atoms with Crippen LogP contribution in [0, 0.1) is 5.92 Å². The fraction of sp³-hybridized carbons (Fsp3) is 0.556. The minimum absolute atomic E-state index is 0.0818. The van der Waals surface area contributed by atoms with Gasteiger partial charge in [0.25, 0.3) is 5.91 Å². The number of carbonyl (C=O) groups is 2. The molecule has 2 amide bonds. The molecule has 1 aromatic carbocycles. The summed E-state index contributed by atoms with van der Waals surface area (Å²) in [6, 6.07) is 5.32. The van der Waals surface area contributed by atoms with Gasteiger partial charge in [0.15, 0.2) is 0 Å². The second kappa shape index (κ2) is 8.86. The molecule has 0 bridgehead atoms. The van der Waals surface area contributed by atoms with Gasteiger partial charge in [0, 0.05) is 29.5 Å². The molecule has 1 fully saturated rings. The number of nitrogens with one attached hydrogen (secondary N) is 1. The van der Waals surface area contributed by atoms with Gasteiger partial charge in [-0.25, -0.2) is 0 Å². The summed E-state index contributed by atoms with van der Waals surface area (Å²) in [4.78, 5) is 26.8. The molecular formula is C18H24BrClN2O2. The summed E-state index contributed by atoms with van der Waals surface area (Å²) < 4.78 is 0.822. The number of benzene rings is 1. The molecule has 0 atom stereocenters. The molecule has 4 nitrogen and oxygen atoms in total. The molecule has 0 radical (unpaired) electrons. The summed E-state index contributed by atoms with van der Waals surface area (Å²) in [5.74, 6) is 0.211. The van der Waals surface area contributed by atoms with E-state index in [4.69, 9.17) is 11.6 Å². The summed E-state index contributed by atoms with van der Waals surface area (Å²) in [5.41, 5.74) is 0.474. The van der Waals surface area contributed by atoms with Gasteiger partial charge in [-0.1, -0.05) is 41.4 Å². The summed E-state index contributed by atoms with van der Waals surface area (Å²) in [7, 11) is 0. The first-order chi connectivity index (χ1) is 11.5. The third-order valence-corrected chi connectivity index (χ3v) is 5.47. The van der Waals surface area contributed by atoms with Gasteiger partial charge in [0.05, 0.1) is 10.6 Å². The molecule has 6 heteroatoms. The van der Waals surface area contributed by atoms with Crippen LogP contribution in [0.1, 0.15) is 49.9 Å². The maximum absolute atomic E-state index is 12.4. The Morgan fingerprint density at radius 3 is 2.50 bits per heavy atom. The largest absolute Gasteiger partial charge is 0.349 e. The lowest BCUT2D eigenvalue weighted by molar-refractivity contribution is -0.136. The van der Waals surface area contributed by atoms with E-state index >= 15 is 0 Å². The number of hydrogen-bond donors (Lipinski definition) is 1. The maximum atomic E-state index is 12.4. The smallest absolute Gasteiger partial charge is 0.253 e. The number of likely N-dealkylation sites (tertiary alicyclic amines) is 1. The molecule has 2 rings (SSSR count). The molecule has 1 aliphatic heterocycles. The van der Waals surface area contributed by atoms with E-state index in [1.165, 1.54) is 0 Å². The zero-order valence-corrected chi connectivity index (χ0v) is 16.5. The van der Waals surface area contributed by atoms with Crippen LogP contribution >= 0.6 is 27.5 Å². The number of amides is 2. The van der Waals surface area contributed by atoms with Gasteiger partial charge >= 0.3 is 0 Å². The number of rotatable bonds is 5. The van der Waals surface area contributed by atoms with Gasteiger partial charge in [-0.15, -0.1) is 0 Å². The van der Waals surface area contributed by atoms with Crippen LogP contribution in [0.2, 0.25) is 5.02 Å². The Hall–Kier alpha value is -1.07. The Balaban J connectivity index is 1.90. The number of piperidine rings is 1. The van der Waals surface area contributed by atoms with Crippen molar-refractivity contribution in [3.63, 3.8) is 0 Å². The van der Waals surface area contributed by atoms with Crippen molar-refractivity contribution in [2.45, 2.75) is 45.6 Å². The fourth-order valence-corrected chi connectivity index (χ4v) is 3.64. The average molecular weight is 416 g/mol. The lowest BCUT2D eigenvalue weighted by atomic mass is 9.98. The predicted molar refractivity (Wildman–Crippen MR) is 100 cm³/mol. The molecule has 0 spiro atoms. The highest BCUT2D eigenvalue weighted by molar-refractivity contribution is 9.10. The van der Waals surface area contributed by atoms with Crippen molar-refractivity contribution in [2.24, 2.45) is 5.92 Å². The van der Waals surface area contributed by atoms with Gasteiger partial charge in [-0.2, -0.15) is 0 Å². The van der Waals surface area contributed by atoms with E-state index in [1.54, 1.807) is 18.2 Å². The third kappa shape index (κ3) is 4.73. The highest BCUT2D eigenvalue weighted by atomic mass is 79.9. The lowest BCUT2D eigenvalue weighted by Crippen LogP contribution is -2.48. The van der Waals surface area contributed by atoms with Crippen LogP contribution in [0.4, 0.5) is 0 Å². The van der Waals surface area contributed by atoms with Gasteiger partial charge in [0.1, 0.15) is 0 Å². The molecule has 0 unspecified atom stereocenters. The fourth-order valence-electron chi connectivity index (χ4n) is 3.07. The summed E-state index contributed by atoms with van der Waals surface area (Å²) in [6.07, 6.45) is 3.33. The van der Waals surface area contributed by atoms with Crippen LogP contribution in [-0.4, -0.2) is 35.8 Å². The molecule has 1 aliphatic rings. The molecule has 1 saturated heterocycles. The number of halogens is 2. The van der Waals surface area contributed by atoms with Crippen molar-refractivity contribution in [3.8, 4) is 0 Å². The normalized spacial score (nSPS) is 15.6. The van der Waals surface area contributed by atoms with E-state index in [0.717, 1.165) is 30.2 Å². The van der Waals surface area contributed by atoms with Crippen LogP contribution in [0.15, 0.2) is 22.7 Å². The Kier molecular flexibility index (Phi) is 7.11. The maximum Gasteiger partial charge on any atom is 0.253 e. The molecule has 0 saturated carbocycles. The van der Waals surface area contributed by atoms with E-state index in [1.807, 2.05) is 4.90 Å². The van der Waals surface area contributed by atoms with Crippen molar-refractivity contribution >= 4 is 39.3 Å². The molecule has 1 aromatic rings. The SMILES string of the molecule is CCC(CC)C(=O)N1CCC(NC(=O)c2cc(Br)ccc2Cl)CC1. The highest BCUT2D eigenvalue weighted by Crippen LogP contribution is 2.22. The highest BCUT2D eigenvalue weighted by Gasteiger charge is 2.27. The first-order valence-electron chi connectivity index (χ1n) is 8.50. The minimum Gasteiger partial charge on any atom is -0.349 e. The number of nitrogens with zero attached hydrogens (tertiary/aromatic N) is 1. The first kappa shape index (κ1) is 19.3. The van der Waals surface area contributed by atoms with Crippen molar-refractivity contribution in [1.82, 2.24) is 10.2 Å². The van der Waals surface area contributed by atoms with Crippen LogP contribution in [0.5, 0.6) is 0 Å². The van der Waals surface area contributed by atoms with Crippen LogP contribution < -0.4 is 5.32 Å². The van der Waals surface area contributed by atoms with Gasteiger partial charge in [-0.3, -0.25) is 9.59 Å². The topological polar surface area (TPSA) is 49.4 Å². The Morgan fingerprint density at radius 2 is 1.92 bits per heavy atom. The predicted octanol–water partition coefficient (Wildman–Crippen LogP) is 4.26. The monoisotopic (exact) mass is 414 g/mol. The van der Waals surface area contributed by atoms with Crippen molar-refractivity contribution in [2.75, 3.05) is 13.1 Å². The second-order valence-electron chi connectivity index (χ2n) is 6.21. The van der Waals surface area contributed by atoms with E-state index < -0.39 is 0 Å². The summed E-state index contributed by atoms with van der Waals surface area (Å²) in [5, 5.41) is 3.48. The third-order valence-electron chi connectivity index (χ3n) is 4.65. The van der Waals surface area contributed by atoms with E-state index in [-0.39, 0.29) is 23.8 Å². The molecule has 1 heterocycles. The van der Waals surface area contributed by atoms with Gasteiger partial charge < -0.3 is 10.2 Å². The van der Waals surface area contributed by atoms with Gasteiger partial charge in [-0.05, 0) is 43.9 Å². The van der Waals surface area contributed by atoms with E-state index in [9.17, 15) is 9.59 Å². The Bertz CT molecular complexity index is 597. The van der Waals surface area contributed by atoms with Crippen molar-refractivity contribution in [1.29, 1.82) is 0 Å². The molecule has 0 aromatic heterocycles. The average Bonchev–Trinajstić information content (AvgIpc) is 2.58.